The second-order valence-corrected chi connectivity index (χ2v) is 6.88. The minimum Gasteiger partial charge on any atom is -0.496 e. The molecule has 0 atom stereocenters. The second-order valence-electron chi connectivity index (χ2n) is 6.01. The molecule has 0 saturated carbocycles. The zero-order chi connectivity index (χ0) is 21.7. The van der Waals surface area contributed by atoms with Crippen molar-refractivity contribution in [2.45, 2.75) is 0 Å². The highest BCUT2D eigenvalue weighted by atomic mass is 35.5. The van der Waals surface area contributed by atoms with E-state index in [2.05, 4.69) is 15.6 Å². The Morgan fingerprint density at radius 3 is 1.60 bits per heavy atom. The molecule has 0 aliphatic carbocycles. The summed E-state index contributed by atoms with van der Waals surface area (Å²) in [6.45, 7) is 0. The molecular weight excluding hydrogens is 429 g/mol. The van der Waals surface area contributed by atoms with E-state index in [1.54, 1.807) is 42.5 Å². The lowest BCUT2D eigenvalue weighted by Crippen LogP contribution is -2.17. The van der Waals surface area contributed by atoms with Crippen LogP contribution in [0.3, 0.4) is 0 Å². The molecule has 30 heavy (non-hydrogen) atoms. The number of methoxy groups -OCH3 is 2. The van der Waals surface area contributed by atoms with E-state index in [9.17, 15) is 9.59 Å². The van der Waals surface area contributed by atoms with E-state index in [1.807, 2.05) is 0 Å². The van der Waals surface area contributed by atoms with Gasteiger partial charge in [-0.1, -0.05) is 29.3 Å². The smallest absolute Gasteiger partial charge is 0.260 e. The van der Waals surface area contributed by atoms with Crippen LogP contribution >= 0.6 is 23.2 Å². The van der Waals surface area contributed by atoms with Crippen LogP contribution in [0.1, 0.15) is 20.7 Å². The number of carbonyl (C=O) groups is 2. The summed E-state index contributed by atoms with van der Waals surface area (Å²) in [6.07, 6.45) is 0. The van der Waals surface area contributed by atoms with Gasteiger partial charge in [0.2, 0.25) is 0 Å². The van der Waals surface area contributed by atoms with E-state index in [0.717, 1.165) is 0 Å². The number of aromatic nitrogens is 1. The molecule has 2 N–H and O–H groups in total. The van der Waals surface area contributed by atoms with Crippen LogP contribution < -0.4 is 20.1 Å². The second kappa shape index (κ2) is 9.47. The molecule has 2 aromatic carbocycles. The topological polar surface area (TPSA) is 89.6 Å². The van der Waals surface area contributed by atoms with Crippen LogP contribution in [-0.2, 0) is 0 Å². The Balaban J connectivity index is 1.79. The number of anilines is 2. The average Bonchev–Trinajstić information content (AvgIpc) is 2.73. The number of pyridine rings is 1. The first kappa shape index (κ1) is 21.4. The fraction of sp³-hybridized carbons (Fsp3) is 0.0952. The number of carbonyl (C=O) groups excluding carboxylic acids is 2. The summed E-state index contributed by atoms with van der Waals surface area (Å²) in [4.78, 5) is 29.5. The predicted molar refractivity (Wildman–Crippen MR) is 116 cm³/mol. The summed E-state index contributed by atoms with van der Waals surface area (Å²) < 4.78 is 10.4. The van der Waals surface area contributed by atoms with E-state index in [0.29, 0.717) is 21.5 Å². The monoisotopic (exact) mass is 445 g/mol. The van der Waals surface area contributed by atoms with Crippen LogP contribution in [-0.4, -0.2) is 31.0 Å². The van der Waals surface area contributed by atoms with Crippen molar-refractivity contribution in [1.82, 2.24) is 4.98 Å². The largest absolute Gasteiger partial charge is 0.496 e. The van der Waals surface area contributed by atoms with Gasteiger partial charge in [-0.2, -0.15) is 0 Å². The molecular formula is C21H17Cl2N3O4. The van der Waals surface area contributed by atoms with Crippen molar-refractivity contribution >= 4 is 46.7 Å². The van der Waals surface area contributed by atoms with Gasteiger partial charge in [0.05, 0.1) is 25.3 Å². The van der Waals surface area contributed by atoms with Crippen LogP contribution in [0.5, 0.6) is 11.5 Å². The van der Waals surface area contributed by atoms with E-state index in [-0.39, 0.29) is 22.8 Å². The summed E-state index contributed by atoms with van der Waals surface area (Å²) in [6, 6.07) is 14.2. The van der Waals surface area contributed by atoms with Gasteiger partial charge in [0.1, 0.15) is 23.1 Å². The minimum absolute atomic E-state index is 0.234. The van der Waals surface area contributed by atoms with E-state index >= 15 is 0 Å². The third-order valence-corrected chi connectivity index (χ3v) is 4.51. The zero-order valence-electron chi connectivity index (χ0n) is 16.0. The summed E-state index contributed by atoms with van der Waals surface area (Å²) >= 11 is 12.0. The Kier molecular flexibility index (Phi) is 6.76. The quantitative estimate of drug-likeness (QED) is 0.562. The Hall–Kier alpha value is -3.29. The molecule has 0 fully saturated rings. The Morgan fingerprint density at radius 2 is 1.20 bits per heavy atom. The van der Waals surface area contributed by atoms with Gasteiger partial charge in [0, 0.05) is 10.0 Å². The third kappa shape index (κ3) is 5.00. The molecule has 0 spiro atoms. The minimum atomic E-state index is -0.457. The number of nitrogens with one attached hydrogen (secondary N) is 2. The number of hydrogen-bond acceptors (Lipinski definition) is 5. The molecule has 154 valence electrons. The first-order valence-electron chi connectivity index (χ1n) is 8.68. The standard InChI is InChI=1S/C21H17Cl2N3O4/c1-29-16-8-6-12(22)10-14(16)20(27)25-18-4-3-5-19(24-18)26-21(28)15-11-13(23)7-9-17(15)30-2/h3-11H,1-2H3,(H2,24,25,26,27,28). The highest BCUT2D eigenvalue weighted by Crippen LogP contribution is 2.25. The Morgan fingerprint density at radius 1 is 0.767 bits per heavy atom. The SMILES string of the molecule is COc1ccc(Cl)cc1C(=O)Nc1cccc(NC(=O)c2cc(Cl)ccc2OC)n1. The van der Waals surface area contributed by atoms with Crippen molar-refractivity contribution in [2.24, 2.45) is 0 Å². The van der Waals surface area contributed by atoms with Gasteiger partial charge >= 0.3 is 0 Å². The van der Waals surface area contributed by atoms with Gasteiger partial charge in [-0.25, -0.2) is 4.98 Å². The number of amides is 2. The van der Waals surface area contributed by atoms with Gasteiger partial charge in [-0.3, -0.25) is 9.59 Å². The number of rotatable bonds is 6. The number of halogens is 2. The maximum absolute atomic E-state index is 12.6. The molecule has 7 nitrogen and oxygen atoms in total. The molecule has 0 bridgehead atoms. The maximum Gasteiger partial charge on any atom is 0.260 e. The third-order valence-electron chi connectivity index (χ3n) is 4.04. The highest BCUT2D eigenvalue weighted by molar-refractivity contribution is 6.31. The first-order chi connectivity index (χ1) is 14.4. The summed E-state index contributed by atoms with van der Waals surface area (Å²) in [5, 5.41) is 6.11. The molecule has 3 rings (SSSR count). The summed E-state index contributed by atoms with van der Waals surface area (Å²) in [5.74, 6) is 0.295. The first-order valence-corrected chi connectivity index (χ1v) is 9.43. The van der Waals surface area contributed by atoms with Crippen molar-refractivity contribution in [3.05, 3.63) is 75.8 Å². The Bertz CT molecular complexity index is 1020. The van der Waals surface area contributed by atoms with E-state index in [1.165, 1.54) is 26.4 Å². The van der Waals surface area contributed by atoms with Gasteiger partial charge in [0.15, 0.2) is 0 Å². The molecule has 9 heteroatoms. The van der Waals surface area contributed by atoms with Gasteiger partial charge in [-0.05, 0) is 48.5 Å². The summed E-state index contributed by atoms with van der Waals surface area (Å²) in [7, 11) is 2.91. The molecule has 0 aliphatic heterocycles. The van der Waals surface area contributed by atoms with Crippen LogP contribution in [0.2, 0.25) is 10.0 Å². The fourth-order valence-electron chi connectivity index (χ4n) is 2.66. The van der Waals surface area contributed by atoms with E-state index < -0.39 is 11.8 Å². The molecule has 3 aromatic rings. The highest BCUT2D eigenvalue weighted by Gasteiger charge is 2.16. The van der Waals surface area contributed by atoms with Crippen LogP contribution in [0.15, 0.2) is 54.6 Å². The van der Waals surface area contributed by atoms with Crippen LogP contribution in [0.4, 0.5) is 11.6 Å². The van der Waals surface area contributed by atoms with Crippen LogP contribution in [0, 0.1) is 0 Å². The maximum atomic E-state index is 12.6. The fourth-order valence-corrected chi connectivity index (χ4v) is 3.00. The number of benzene rings is 2. The van der Waals surface area contributed by atoms with Gasteiger partial charge in [-0.15, -0.1) is 0 Å². The lowest BCUT2D eigenvalue weighted by molar-refractivity contribution is 0.101. The van der Waals surface area contributed by atoms with Crippen molar-refractivity contribution in [1.29, 1.82) is 0 Å². The number of ether oxygens (including phenoxy) is 2. The predicted octanol–water partition coefficient (Wildman–Crippen LogP) is 4.91. The molecule has 1 aromatic heterocycles. The molecule has 0 radical (unpaired) electrons. The Labute approximate surface area is 182 Å². The lowest BCUT2D eigenvalue weighted by atomic mass is 10.2. The van der Waals surface area contributed by atoms with Gasteiger partial charge < -0.3 is 20.1 Å². The molecule has 1 heterocycles. The number of hydrogen-bond donors (Lipinski definition) is 2. The molecule has 0 aliphatic rings. The normalized spacial score (nSPS) is 10.3. The van der Waals surface area contributed by atoms with Crippen molar-refractivity contribution in [3.63, 3.8) is 0 Å². The molecule has 0 unspecified atom stereocenters. The van der Waals surface area contributed by atoms with Crippen molar-refractivity contribution in [2.75, 3.05) is 24.9 Å². The van der Waals surface area contributed by atoms with Crippen LogP contribution in [0.25, 0.3) is 0 Å². The number of nitrogens with zero attached hydrogens (tertiary/aromatic N) is 1. The van der Waals surface area contributed by atoms with Gasteiger partial charge in [0.25, 0.3) is 11.8 Å². The van der Waals surface area contributed by atoms with Crippen molar-refractivity contribution in [3.8, 4) is 11.5 Å². The van der Waals surface area contributed by atoms with Crippen molar-refractivity contribution < 1.29 is 19.1 Å². The zero-order valence-corrected chi connectivity index (χ0v) is 17.5. The molecule has 2 amide bonds. The lowest BCUT2D eigenvalue weighted by Gasteiger charge is -2.11. The van der Waals surface area contributed by atoms with E-state index in [4.69, 9.17) is 32.7 Å². The average molecular weight is 446 g/mol. The molecule has 0 saturated heterocycles. The summed E-state index contributed by atoms with van der Waals surface area (Å²) in [5.41, 5.74) is 0.509.